The molecule has 0 atom stereocenters. The Morgan fingerprint density at radius 2 is 1.77 bits per heavy atom. The fraction of sp³-hybridized carbons (Fsp3) is 0.423. The predicted molar refractivity (Wildman–Crippen MR) is 134 cm³/mol. The van der Waals surface area contributed by atoms with Gasteiger partial charge < -0.3 is 4.42 Å². The van der Waals surface area contributed by atoms with Gasteiger partial charge in [0.1, 0.15) is 0 Å². The summed E-state index contributed by atoms with van der Waals surface area (Å²) in [5.41, 5.74) is 3.69. The smallest absolute Gasteiger partial charge is 0.322 e. The molecule has 1 aliphatic rings. The predicted octanol–water partition coefficient (Wildman–Crippen LogP) is 4.87. The third-order valence-electron chi connectivity index (χ3n) is 6.54. The molecule has 1 N–H and O–H groups in total. The largest absolute Gasteiger partial charge is 0.407 e. The van der Waals surface area contributed by atoms with Crippen molar-refractivity contribution in [1.29, 1.82) is 0 Å². The first kappa shape index (κ1) is 25.1. The molecule has 0 unspecified atom stereocenters. The van der Waals surface area contributed by atoms with Crippen LogP contribution in [0.1, 0.15) is 72.0 Å². The van der Waals surface area contributed by atoms with E-state index in [0.717, 1.165) is 43.2 Å². The summed E-state index contributed by atoms with van der Waals surface area (Å²) < 4.78 is 33.6. The highest BCUT2D eigenvalue weighted by Gasteiger charge is 2.31. The summed E-state index contributed by atoms with van der Waals surface area (Å²) in [7, 11) is -3.62. The molecule has 1 amide bonds. The zero-order valence-electron chi connectivity index (χ0n) is 20.5. The van der Waals surface area contributed by atoms with Crippen LogP contribution in [0, 0.1) is 13.8 Å². The summed E-state index contributed by atoms with van der Waals surface area (Å²) in [4.78, 5) is 12.9. The number of hydrogen-bond donors (Lipinski definition) is 1. The summed E-state index contributed by atoms with van der Waals surface area (Å²) in [5.74, 6) is -0.0497. The zero-order valence-corrected chi connectivity index (χ0v) is 21.3. The third kappa shape index (κ3) is 5.79. The summed E-state index contributed by atoms with van der Waals surface area (Å²) >= 11 is 0. The molecule has 35 heavy (non-hydrogen) atoms. The number of nitrogens with zero attached hydrogens (tertiary/aromatic N) is 3. The molecular weight excluding hydrogens is 464 g/mol. The van der Waals surface area contributed by atoms with Crippen molar-refractivity contribution in [2.75, 3.05) is 11.9 Å². The lowest BCUT2D eigenvalue weighted by Gasteiger charge is -2.32. The molecule has 0 bridgehead atoms. The number of rotatable bonds is 8. The van der Waals surface area contributed by atoms with Crippen LogP contribution in [0.3, 0.4) is 0 Å². The van der Waals surface area contributed by atoms with Crippen molar-refractivity contribution in [1.82, 2.24) is 14.5 Å². The van der Waals surface area contributed by atoms with Gasteiger partial charge in [-0.15, -0.1) is 5.10 Å². The van der Waals surface area contributed by atoms with Gasteiger partial charge in [-0.05, 0) is 62.1 Å². The number of benzene rings is 2. The van der Waals surface area contributed by atoms with Crippen LogP contribution in [-0.4, -0.2) is 41.4 Å². The van der Waals surface area contributed by atoms with Crippen LogP contribution in [0.2, 0.25) is 0 Å². The molecule has 2 aromatic carbocycles. The second-order valence-electron chi connectivity index (χ2n) is 9.09. The molecule has 3 aromatic rings. The fourth-order valence-corrected chi connectivity index (χ4v) is 6.35. The lowest BCUT2D eigenvalue weighted by atomic mass is 9.95. The molecule has 1 heterocycles. The molecule has 4 rings (SSSR count). The molecule has 1 aromatic heterocycles. The minimum absolute atomic E-state index is 0.000851. The maximum Gasteiger partial charge on any atom is 0.322 e. The molecule has 8 nitrogen and oxygen atoms in total. The molecule has 0 radical (unpaired) electrons. The van der Waals surface area contributed by atoms with Crippen molar-refractivity contribution in [2.24, 2.45) is 0 Å². The highest BCUT2D eigenvalue weighted by Crippen LogP contribution is 2.28. The van der Waals surface area contributed by atoms with Crippen molar-refractivity contribution >= 4 is 21.9 Å². The molecule has 1 fully saturated rings. The van der Waals surface area contributed by atoms with Gasteiger partial charge in [-0.25, -0.2) is 8.42 Å². The number of hydrogen-bond acceptors (Lipinski definition) is 6. The standard InChI is InChI=1S/C26H32N4O4S/c1-4-30(22-8-6-5-7-9-22)35(32,33)23-14-12-20(13-15-23)25(31)27-26-29-28-24(34-26)17-21-11-10-18(2)16-19(21)3/h10-16,22H,4-9,17H2,1-3H3,(H,27,29,31). The van der Waals surface area contributed by atoms with Crippen LogP contribution in [0.5, 0.6) is 0 Å². The van der Waals surface area contributed by atoms with E-state index in [1.165, 1.54) is 29.8 Å². The molecule has 0 spiro atoms. The zero-order chi connectivity index (χ0) is 25.0. The number of anilines is 1. The summed E-state index contributed by atoms with van der Waals surface area (Å²) in [6, 6.07) is 12.2. The number of nitrogens with one attached hydrogen (secondary N) is 1. The van der Waals surface area contributed by atoms with E-state index < -0.39 is 15.9 Å². The lowest BCUT2D eigenvalue weighted by molar-refractivity contribution is 0.102. The molecule has 186 valence electrons. The first-order valence-corrected chi connectivity index (χ1v) is 13.5. The fourth-order valence-electron chi connectivity index (χ4n) is 4.66. The molecule has 1 saturated carbocycles. The van der Waals surface area contributed by atoms with E-state index in [4.69, 9.17) is 4.42 Å². The lowest BCUT2D eigenvalue weighted by Crippen LogP contribution is -2.41. The first-order valence-electron chi connectivity index (χ1n) is 12.1. The van der Waals surface area contributed by atoms with Gasteiger partial charge in [-0.2, -0.15) is 4.31 Å². The average molecular weight is 497 g/mol. The Bertz CT molecular complexity index is 1280. The Hall–Kier alpha value is -3.04. The van der Waals surface area contributed by atoms with Crippen molar-refractivity contribution in [3.8, 4) is 0 Å². The minimum Gasteiger partial charge on any atom is -0.407 e. The number of amides is 1. The third-order valence-corrected chi connectivity index (χ3v) is 8.59. The van der Waals surface area contributed by atoms with E-state index in [1.807, 2.05) is 32.9 Å². The minimum atomic E-state index is -3.62. The van der Waals surface area contributed by atoms with Crippen LogP contribution in [-0.2, 0) is 16.4 Å². The highest BCUT2D eigenvalue weighted by atomic mass is 32.2. The topological polar surface area (TPSA) is 105 Å². The second kappa shape index (κ2) is 10.7. The Morgan fingerprint density at radius 1 is 1.06 bits per heavy atom. The van der Waals surface area contributed by atoms with E-state index in [9.17, 15) is 13.2 Å². The normalized spacial score (nSPS) is 14.9. The number of sulfonamides is 1. The van der Waals surface area contributed by atoms with Gasteiger partial charge in [0, 0.05) is 18.2 Å². The van der Waals surface area contributed by atoms with E-state index in [-0.39, 0.29) is 17.0 Å². The summed E-state index contributed by atoms with van der Waals surface area (Å²) in [6.45, 7) is 6.36. The quantitative estimate of drug-likeness (QED) is 0.477. The van der Waals surface area contributed by atoms with Gasteiger partial charge in [-0.1, -0.05) is 55.0 Å². The van der Waals surface area contributed by atoms with E-state index in [0.29, 0.717) is 24.4 Å². The molecule has 1 aliphatic carbocycles. The average Bonchev–Trinajstić information content (AvgIpc) is 3.28. The van der Waals surface area contributed by atoms with Crippen LogP contribution in [0.15, 0.2) is 51.8 Å². The van der Waals surface area contributed by atoms with Crippen molar-refractivity contribution in [3.05, 3.63) is 70.6 Å². The molecular formula is C26H32N4O4S. The van der Waals surface area contributed by atoms with Gasteiger partial charge in [-0.3, -0.25) is 10.1 Å². The van der Waals surface area contributed by atoms with Crippen molar-refractivity contribution < 1.29 is 17.6 Å². The van der Waals surface area contributed by atoms with E-state index >= 15 is 0 Å². The van der Waals surface area contributed by atoms with Crippen LogP contribution < -0.4 is 5.32 Å². The number of carbonyl (C=O) groups is 1. The van der Waals surface area contributed by atoms with Gasteiger partial charge in [0.05, 0.1) is 11.3 Å². The monoisotopic (exact) mass is 496 g/mol. The van der Waals surface area contributed by atoms with Crippen molar-refractivity contribution in [2.45, 2.75) is 70.2 Å². The molecule has 9 heteroatoms. The summed E-state index contributed by atoms with van der Waals surface area (Å²) in [6.07, 6.45) is 5.52. The Morgan fingerprint density at radius 3 is 2.43 bits per heavy atom. The van der Waals surface area contributed by atoms with Crippen LogP contribution in [0.25, 0.3) is 0 Å². The van der Waals surface area contributed by atoms with Crippen molar-refractivity contribution in [3.63, 3.8) is 0 Å². The Labute approximate surface area is 206 Å². The number of aryl methyl sites for hydroxylation is 2. The number of aromatic nitrogens is 2. The van der Waals surface area contributed by atoms with Gasteiger partial charge in [0.25, 0.3) is 5.91 Å². The Balaban J connectivity index is 1.42. The SMILES string of the molecule is CCN(C1CCCCC1)S(=O)(=O)c1ccc(C(=O)Nc2nnc(Cc3ccc(C)cc3C)o2)cc1. The van der Waals surface area contributed by atoms with E-state index in [2.05, 4.69) is 21.6 Å². The maximum atomic E-state index is 13.2. The van der Waals surface area contributed by atoms with Crippen LogP contribution in [0.4, 0.5) is 6.01 Å². The first-order chi connectivity index (χ1) is 16.8. The highest BCUT2D eigenvalue weighted by molar-refractivity contribution is 7.89. The van der Waals surface area contributed by atoms with Gasteiger partial charge in [0.15, 0.2) is 0 Å². The molecule has 0 aliphatic heterocycles. The van der Waals surface area contributed by atoms with Gasteiger partial charge >= 0.3 is 6.01 Å². The van der Waals surface area contributed by atoms with E-state index in [1.54, 1.807) is 4.31 Å². The summed E-state index contributed by atoms with van der Waals surface area (Å²) in [5, 5.41) is 10.5. The maximum absolute atomic E-state index is 13.2. The molecule has 0 saturated heterocycles. The van der Waals surface area contributed by atoms with Gasteiger partial charge in [0.2, 0.25) is 15.9 Å². The number of carbonyl (C=O) groups excluding carboxylic acids is 1. The Kier molecular flexibility index (Phi) is 7.66. The van der Waals surface area contributed by atoms with Crippen LogP contribution >= 0.6 is 0 Å². The second-order valence-corrected chi connectivity index (χ2v) is 11.0.